The molecule has 1 heterocycles. The summed E-state index contributed by atoms with van der Waals surface area (Å²) in [5, 5.41) is 1.11. The quantitative estimate of drug-likeness (QED) is 0.682. The van der Waals surface area contributed by atoms with Crippen molar-refractivity contribution in [3.8, 4) is 0 Å². The lowest BCUT2D eigenvalue weighted by Gasteiger charge is -1.98. The van der Waals surface area contributed by atoms with E-state index in [4.69, 9.17) is 0 Å². The Morgan fingerprint density at radius 3 is 2.85 bits per heavy atom. The van der Waals surface area contributed by atoms with Crippen LogP contribution in [0.25, 0.3) is 10.9 Å². The molecule has 2 nitrogen and oxygen atoms in total. The minimum absolute atomic E-state index is 0.0528. The summed E-state index contributed by atoms with van der Waals surface area (Å²) in [4.78, 5) is 11.2. The second kappa shape index (κ2) is 3.14. The van der Waals surface area contributed by atoms with Crippen LogP contribution in [-0.4, -0.2) is 10.5 Å². The zero-order valence-corrected chi connectivity index (χ0v) is 9.28. The summed E-state index contributed by atoms with van der Waals surface area (Å²) >= 11 is 2.24. The van der Waals surface area contributed by atoms with Crippen molar-refractivity contribution < 1.29 is 4.79 Å². The second-order valence-corrected chi connectivity index (χ2v) is 4.15. The molecule has 0 radical (unpaired) electrons. The zero-order valence-electron chi connectivity index (χ0n) is 7.12. The first kappa shape index (κ1) is 8.74. The molecule has 0 bridgehead atoms. The summed E-state index contributed by atoms with van der Waals surface area (Å²) in [5.41, 5.74) is 0.986. The highest BCUT2D eigenvalue weighted by atomic mass is 127. The number of carbonyl (C=O) groups excluding carboxylic acids is 1. The minimum Gasteiger partial charge on any atom is -0.287 e. The highest BCUT2D eigenvalue weighted by Gasteiger charge is 2.03. The molecule has 0 atom stereocenters. The van der Waals surface area contributed by atoms with Gasteiger partial charge in [-0.3, -0.25) is 9.36 Å². The first-order valence-electron chi connectivity index (χ1n) is 3.96. The van der Waals surface area contributed by atoms with Crippen LogP contribution in [0.1, 0.15) is 11.7 Å². The summed E-state index contributed by atoms with van der Waals surface area (Å²) in [6.07, 6.45) is 1.81. The SMILES string of the molecule is CC(=O)n1ccc2ccc(I)cc21. The Morgan fingerprint density at radius 2 is 2.15 bits per heavy atom. The van der Waals surface area contributed by atoms with Gasteiger partial charge >= 0.3 is 0 Å². The first-order valence-corrected chi connectivity index (χ1v) is 5.04. The third-order valence-electron chi connectivity index (χ3n) is 1.99. The molecule has 0 unspecified atom stereocenters. The van der Waals surface area contributed by atoms with Crippen LogP contribution in [0, 0.1) is 3.57 Å². The van der Waals surface area contributed by atoms with Crippen LogP contribution in [0.3, 0.4) is 0 Å². The van der Waals surface area contributed by atoms with Gasteiger partial charge in [0.2, 0.25) is 5.91 Å². The average Bonchev–Trinajstić information content (AvgIpc) is 2.46. The second-order valence-electron chi connectivity index (χ2n) is 2.91. The maximum atomic E-state index is 11.2. The van der Waals surface area contributed by atoms with E-state index in [9.17, 15) is 4.79 Å². The van der Waals surface area contributed by atoms with E-state index in [0.29, 0.717) is 0 Å². The van der Waals surface area contributed by atoms with Crippen molar-refractivity contribution in [3.05, 3.63) is 34.0 Å². The number of hydrogen-bond acceptors (Lipinski definition) is 1. The Labute approximate surface area is 89.7 Å². The fourth-order valence-corrected chi connectivity index (χ4v) is 1.85. The van der Waals surface area contributed by atoms with Gasteiger partial charge < -0.3 is 0 Å². The third-order valence-corrected chi connectivity index (χ3v) is 2.67. The highest BCUT2D eigenvalue weighted by molar-refractivity contribution is 14.1. The number of halogens is 1. The normalized spacial score (nSPS) is 10.6. The molecule has 2 aromatic rings. The molecule has 1 aromatic carbocycles. The predicted molar refractivity (Wildman–Crippen MR) is 61.0 cm³/mol. The maximum Gasteiger partial charge on any atom is 0.227 e. The van der Waals surface area contributed by atoms with Crippen LogP contribution in [-0.2, 0) is 0 Å². The molecule has 1 aromatic heterocycles. The van der Waals surface area contributed by atoms with E-state index in [-0.39, 0.29) is 5.91 Å². The molecular weight excluding hydrogens is 277 g/mol. The van der Waals surface area contributed by atoms with E-state index >= 15 is 0 Å². The van der Waals surface area contributed by atoms with Crippen LogP contribution in [0.4, 0.5) is 0 Å². The van der Waals surface area contributed by atoms with Gasteiger partial charge in [0.05, 0.1) is 5.52 Å². The van der Waals surface area contributed by atoms with Crippen LogP contribution in [0.5, 0.6) is 0 Å². The van der Waals surface area contributed by atoms with Gasteiger partial charge in [0, 0.05) is 22.1 Å². The Kier molecular flexibility index (Phi) is 2.11. The van der Waals surface area contributed by atoms with Crippen LogP contribution in [0.2, 0.25) is 0 Å². The van der Waals surface area contributed by atoms with Crippen LogP contribution < -0.4 is 0 Å². The molecule has 0 amide bonds. The first-order chi connectivity index (χ1) is 6.18. The van der Waals surface area contributed by atoms with E-state index in [1.165, 1.54) is 0 Å². The zero-order chi connectivity index (χ0) is 9.42. The van der Waals surface area contributed by atoms with Gasteiger partial charge in [-0.05, 0) is 40.8 Å². The molecular formula is C10H8INO. The lowest BCUT2D eigenvalue weighted by Crippen LogP contribution is -2.02. The van der Waals surface area contributed by atoms with Crippen molar-refractivity contribution in [1.29, 1.82) is 0 Å². The molecule has 2 rings (SSSR count). The molecule has 3 heteroatoms. The fourth-order valence-electron chi connectivity index (χ4n) is 1.38. The van der Waals surface area contributed by atoms with Crippen LogP contribution in [0.15, 0.2) is 30.5 Å². The predicted octanol–water partition coefficient (Wildman–Crippen LogP) is 2.91. The molecule has 13 heavy (non-hydrogen) atoms. The lowest BCUT2D eigenvalue weighted by atomic mass is 10.2. The molecule has 0 saturated carbocycles. The van der Waals surface area contributed by atoms with Gasteiger partial charge in [-0.15, -0.1) is 0 Å². The molecule has 0 aliphatic rings. The van der Waals surface area contributed by atoms with E-state index in [0.717, 1.165) is 14.5 Å². The number of benzene rings is 1. The van der Waals surface area contributed by atoms with Gasteiger partial charge in [-0.2, -0.15) is 0 Å². The standard InChI is InChI=1S/C10H8INO/c1-7(13)12-5-4-8-2-3-9(11)6-10(8)12/h2-6H,1H3. The molecule has 66 valence electrons. The van der Waals surface area contributed by atoms with Crippen molar-refractivity contribution in [2.24, 2.45) is 0 Å². The molecule has 0 aliphatic heterocycles. The van der Waals surface area contributed by atoms with E-state index in [1.54, 1.807) is 11.5 Å². The number of carbonyl (C=O) groups is 1. The van der Waals surface area contributed by atoms with Crippen molar-refractivity contribution in [2.75, 3.05) is 0 Å². The van der Waals surface area contributed by atoms with Crippen molar-refractivity contribution in [1.82, 2.24) is 4.57 Å². The minimum atomic E-state index is 0.0528. The Bertz CT molecular complexity index is 473. The summed E-state index contributed by atoms with van der Waals surface area (Å²) in [5.74, 6) is 0.0528. The molecule has 0 aliphatic carbocycles. The van der Waals surface area contributed by atoms with Gasteiger partial charge in [0.25, 0.3) is 0 Å². The van der Waals surface area contributed by atoms with Gasteiger partial charge in [0.15, 0.2) is 0 Å². The maximum absolute atomic E-state index is 11.2. The summed E-state index contributed by atoms with van der Waals surface area (Å²) in [6, 6.07) is 8.02. The van der Waals surface area contributed by atoms with E-state index in [1.807, 2.05) is 30.5 Å². The third kappa shape index (κ3) is 1.48. The summed E-state index contributed by atoms with van der Waals surface area (Å²) in [6.45, 7) is 1.57. The highest BCUT2D eigenvalue weighted by Crippen LogP contribution is 2.18. The smallest absolute Gasteiger partial charge is 0.227 e. The lowest BCUT2D eigenvalue weighted by molar-refractivity contribution is 0.0941. The van der Waals surface area contributed by atoms with Gasteiger partial charge in [-0.25, -0.2) is 0 Å². The van der Waals surface area contributed by atoms with Crippen molar-refractivity contribution in [3.63, 3.8) is 0 Å². The van der Waals surface area contributed by atoms with Gasteiger partial charge in [-0.1, -0.05) is 6.07 Å². The molecule has 0 fully saturated rings. The number of nitrogens with zero attached hydrogens (tertiary/aromatic N) is 1. The molecule has 0 saturated heterocycles. The number of fused-ring (bicyclic) bond motifs is 1. The number of hydrogen-bond donors (Lipinski definition) is 0. The Morgan fingerprint density at radius 1 is 1.38 bits per heavy atom. The average molecular weight is 285 g/mol. The van der Waals surface area contributed by atoms with Crippen molar-refractivity contribution >= 4 is 39.4 Å². The summed E-state index contributed by atoms with van der Waals surface area (Å²) in [7, 11) is 0. The largest absolute Gasteiger partial charge is 0.287 e. The van der Waals surface area contributed by atoms with Crippen LogP contribution >= 0.6 is 22.6 Å². The number of aromatic nitrogens is 1. The fraction of sp³-hybridized carbons (Fsp3) is 0.100. The molecule has 0 spiro atoms. The van der Waals surface area contributed by atoms with Crippen molar-refractivity contribution in [2.45, 2.75) is 6.92 Å². The Balaban J connectivity index is 2.79. The number of rotatable bonds is 0. The Hall–Kier alpha value is -0.840. The summed E-state index contributed by atoms with van der Waals surface area (Å²) < 4.78 is 2.81. The van der Waals surface area contributed by atoms with E-state index < -0.39 is 0 Å². The van der Waals surface area contributed by atoms with E-state index in [2.05, 4.69) is 22.6 Å². The topological polar surface area (TPSA) is 22.0 Å². The monoisotopic (exact) mass is 285 g/mol. The van der Waals surface area contributed by atoms with Gasteiger partial charge in [0.1, 0.15) is 0 Å². The molecule has 0 N–H and O–H groups in total.